The highest BCUT2D eigenvalue weighted by Gasteiger charge is 2.43. The fraction of sp³-hybridized carbons (Fsp3) is 0.550. The fourth-order valence-corrected chi connectivity index (χ4v) is 3.91. The van der Waals surface area contributed by atoms with E-state index in [1.54, 1.807) is 31.2 Å². The van der Waals surface area contributed by atoms with Crippen LogP contribution in [0.15, 0.2) is 24.3 Å². The molecule has 1 atom stereocenters. The molecule has 1 aromatic rings. The number of hydrogen-bond donors (Lipinski definition) is 0. The Morgan fingerprint density at radius 1 is 1.15 bits per heavy atom. The summed E-state index contributed by atoms with van der Waals surface area (Å²) in [7, 11) is 1.96. The Labute approximate surface area is 154 Å². The van der Waals surface area contributed by atoms with Crippen LogP contribution in [0.4, 0.5) is 5.69 Å². The van der Waals surface area contributed by atoms with Gasteiger partial charge in [-0.3, -0.25) is 14.5 Å². The van der Waals surface area contributed by atoms with Crippen molar-refractivity contribution in [3.8, 4) is 0 Å². The van der Waals surface area contributed by atoms with Crippen molar-refractivity contribution in [1.82, 2.24) is 4.90 Å². The van der Waals surface area contributed by atoms with E-state index in [2.05, 4.69) is 4.90 Å². The monoisotopic (exact) mass is 358 g/mol. The van der Waals surface area contributed by atoms with E-state index < -0.39 is 12.0 Å². The van der Waals surface area contributed by atoms with E-state index in [1.807, 2.05) is 7.05 Å². The molecule has 3 rings (SSSR count). The van der Waals surface area contributed by atoms with Crippen LogP contribution in [0.5, 0.6) is 0 Å². The molecule has 0 aromatic heterocycles. The first-order valence-electron chi connectivity index (χ1n) is 9.39. The Hall–Kier alpha value is -2.21. The lowest BCUT2D eigenvalue weighted by Crippen LogP contribution is -2.45. The van der Waals surface area contributed by atoms with Gasteiger partial charge in [0, 0.05) is 6.04 Å². The summed E-state index contributed by atoms with van der Waals surface area (Å²) in [5, 5.41) is 0. The van der Waals surface area contributed by atoms with E-state index in [0.717, 1.165) is 12.8 Å². The first kappa shape index (κ1) is 18.6. The summed E-state index contributed by atoms with van der Waals surface area (Å²) in [4.78, 5) is 40.5. The normalized spacial score (nSPS) is 21.5. The third-order valence-electron chi connectivity index (χ3n) is 5.40. The van der Waals surface area contributed by atoms with Crippen molar-refractivity contribution in [2.75, 3.05) is 18.6 Å². The molecule has 6 heteroatoms. The Balaban J connectivity index is 1.73. The SMILES string of the molecule is CCOC(=O)c1ccc(N2C(=O)C[C@H](N(C)C3CCCCC3)C2=O)cc1. The number of anilines is 1. The van der Waals surface area contributed by atoms with Gasteiger partial charge in [0.2, 0.25) is 5.91 Å². The van der Waals surface area contributed by atoms with Crippen molar-refractivity contribution in [2.45, 2.75) is 57.5 Å². The van der Waals surface area contributed by atoms with Crippen LogP contribution in [-0.2, 0) is 14.3 Å². The number of carbonyl (C=O) groups is 3. The van der Waals surface area contributed by atoms with Gasteiger partial charge in [-0.1, -0.05) is 19.3 Å². The van der Waals surface area contributed by atoms with Crippen LogP contribution in [-0.4, -0.2) is 48.4 Å². The van der Waals surface area contributed by atoms with E-state index in [9.17, 15) is 14.4 Å². The van der Waals surface area contributed by atoms with E-state index in [0.29, 0.717) is 23.9 Å². The summed E-state index contributed by atoms with van der Waals surface area (Å²) >= 11 is 0. The van der Waals surface area contributed by atoms with Gasteiger partial charge in [0.05, 0.1) is 30.3 Å². The van der Waals surface area contributed by atoms with E-state index in [4.69, 9.17) is 4.74 Å². The molecule has 1 aliphatic heterocycles. The molecule has 1 aromatic carbocycles. The summed E-state index contributed by atoms with van der Waals surface area (Å²) in [6, 6.07) is 6.42. The van der Waals surface area contributed by atoms with Gasteiger partial charge in [-0.2, -0.15) is 0 Å². The average Bonchev–Trinajstić information content (AvgIpc) is 2.96. The van der Waals surface area contributed by atoms with Gasteiger partial charge < -0.3 is 4.74 Å². The summed E-state index contributed by atoms with van der Waals surface area (Å²) in [5.74, 6) is -0.772. The van der Waals surface area contributed by atoms with Gasteiger partial charge in [0.15, 0.2) is 0 Å². The van der Waals surface area contributed by atoms with Crippen molar-refractivity contribution < 1.29 is 19.1 Å². The maximum atomic E-state index is 12.9. The highest BCUT2D eigenvalue weighted by molar-refractivity contribution is 6.22. The van der Waals surface area contributed by atoms with E-state index >= 15 is 0 Å². The molecular weight excluding hydrogens is 332 g/mol. The molecule has 140 valence electrons. The van der Waals surface area contributed by atoms with Crippen molar-refractivity contribution in [3.05, 3.63) is 29.8 Å². The zero-order chi connectivity index (χ0) is 18.7. The number of benzene rings is 1. The van der Waals surface area contributed by atoms with E-state index in [1.165, 1.54) is 24.2 Å². The topological polar surface area (TPSA) is 66.9 Å². The van der Waals surface area contributed by atoms with Gasteiger partial charge in [-0.05, 0) is 51.1 Å². The molecule has 0 N–H and O–H groups in total. The number of nitrogens with zero attached hydrogens (tertiary/aromatic N) is 2. The number of ether oxygens (including phenoxy) is 1. The van der Waals surface area contributed by atoms with Crippen molar-refractivity contribution in [3.63, 3.8) is 0 Å². The second-order valence-corrected chi connectivity index (χ2v) is 7.01. The zero-order valence-corrected chi connectivity index (χ0v) is 15.4. The molecule has 0 radical (unpaired) electrons. The molecule has 2 fully saturated rings. The summed E-state index contributed by atoms with van der Waals surface area (Å²) < 4.78 is 4.96. The predicted octanol–water partition coefficient (Wildman–Crippen LogP) is 2.76. The second-order valence-electron chi connectivity index (χ2n) is 7.01. The molecule has 0 unspecified atom stereocenters. The highest BCUT2D eigenvalue weighted by Crippen LogP contribution is 2.30. The van der Waals surface area contributed by atoms with Crippen LogP contribution in [0.2, 0.25) is 0 Å². The summed E-state index contributed by atoms with van der Waals surface area (Å²) in [5.41, 5.74) is 0.915. The van der Waals surface area contributed by atoms with Gasteiger partial charge in [-0.15, -0.1) is 0 Å². The number of esters is 1. The first-order chi connectivity index (χ1) is 12.5. The molecule has 0 bridgehead atoms. The lowest BCUT2D eigenvalue weighted by Gasteiger charge is -2.34. The first-order valence-corrected chi connectivity index (χ1v) is 9.39. The third-order valence-corrected chi connectivity index (χ3v) is 5.40. The molecule has 6 nitrogen and oxygen atoms in total. The zero-order valence-electron chi connectivity index (χ0n) is 15.4. The number of imide groups is 1. The maximum absolute atomic E-state index is 12.9. The number of rotatable bonds is 5. The van der Waals surface area contributed by atoms with Gasteiger partial charge in [-0.25, -0.2) is 9.69 Å². The fourth-order valence-electron chi connectivity index (χ4n) is 3.91. The van der Waals surface area contributed by atoms with Crippen LogP contribution < -0.4 is 4.90 Å². The Morgan fingerprint density at radius 3 is 2.42 bits per heavy atom. The maximum Gasteiger partial charge on any atom is 0.338 e. The number of carbonyl (C=O) groups excluding carboxylic acids is 3. The highest BCUT2D eigenvalue weighted by atomic mass is 16.5. The Bertz CT molecular complexity index is 680. The number of likely N-dealkylation sites (N-methyl/N-ethyl adjacent to an activating group) is 1. The quantitative estimate of drug-likeness (QED) is 0.598. The molecule has 26 heavy (non-hydrogen) atoms. The summed E-state index contributed by atoms with van der Waals surface area (Å²) in [6.45, 7) is 2.05. The summed E-state index contributed by atoms with van der Waals surface area (Å²) in [6.07, 6.45) is 6.00. The molecule has 1 heterocycles. The Kier molecular flexibility index (Phi) is 5.71. The second kappa shape index (κ2) is 7.99. The molecule has 1 saturated carbocycles. The smallest absolute Gasteiger partial charge is 0.338 e. The molecule has 1 saturated heterocycles. The standard InChI is InChI=1S/C20H26N2O4/c1-3-26-20(25)14-9-11-16(12-10-14)22-18(23)13-17(19(22)24)21(2)15-7-5-4-6-8-15/h9-12,15,17H,3-8,13H2,1-2H3/t17-/m0/s1. The molecule has 2 aliphatic rings. The minimum absolute atomic E-state index is 0.174. The molecule has 1 aliphatic carbocycles. The Morgan fingerprint density at radius 2 is 1.81 bits per heavy atom. The van der Waals surface area contributed by atoms with Crippen LogP contribution in [0.1, 0.15) is 55.8 Å². The largest absolute Gasteiger partial charge is 0.462 e. The molecule has 0 spiro atoms. The average molecular weight is 358 g/mol. The minimum atomic E-state index is -0.409. The van der Waals surface area contributed by atoms with Crippen LogP contribution in [0.25, 0.3) is 0 Å². The van der Waals surface area contributed by atoms with Crippen molar-refractivity contribution in [1.29, 1.82) is 0 Å². The molecule has 2 amide bonds. The minimum Gasteiger partial charge on any atom is -0.462 e. The van der Waals surface area contributed by atoms with E-state index in [-0.39, 0.29) is 18.2 Å². The lowest BCUT2D eigenvalue weighted by molar-refractivity contribution is -0.123. The lowest BCUT2D eigenvalue weighted by atomic mass is 9.93. The van der Waals surface area contributed by atoms with Crippen molar-refractivity contribution in [2.24, 2.45) is 0 Å². The number of hydrogen-bond acceptors (Lipinski definition) is 5. The van der Waals surface area contributed by atoms with Gasteiger partial charge in [0.1, 0.15) is 0 Å². The van der Waals surface area contributed by atoms with Gasteiger partial charge >= 0.3 is 5.97 Å². The van der Waals surface area contributed by atoms with Crippen molar-refractivity contribution >= 4 is 23.5 Å². The van der Waals surface area contributed by atoms with Crippen LogP contribution >= 0.6 is 0 Å². The number of amides is 2. The van der Waals surface area contributed by atoms with Gasteiger partial charge in [0.25, 0.3) is 5.91 Å². The third kappa shape index (κ3) is 3.65. The van der Waals surface area contributed by atoms with Crippen LogP contribution in [0, 0.1) is 0 Å². The predicted molar refractivity (Wildman–Crippen MR) is 97.9 cm³/mol. The van der Waals surface area contributed by atoms with Crippen LogP contribution in [0.3, 0.4) is 0 Å². The molecular formula is C20H26N2O4.